The average Bonchev–Trinajstić information content (AvgIpc) is 3.45. The van der Waals surface area contributed by atoms with E-state index in [4.69, 9.17) is 4.42 Å². The van der Waals surface area contributed by atoms with E-state index in [1.165, 1.54) is 12.8 Å². The Hall–Kier alpha value is -2.67. The Morgan fingerprint density at radius 2 is 1.93 bits per heavy atom. The molecule has 1 aliphatic carbocycles. The molecule has 0 amide bonds. The maximum Gasteiger partial charge on any atom is 0.261 e. The van der Waals surface area contributed by atoms with Gasteiger partial charge in [-0.1, -0.05) is 13.8 Å². The van der Waals surface area contributed by atoms with Crippen molar-refractivity contribution in [3.8, 4) is 0 Å². The van der Waals surface area contributed by atoms with E-state index < -0.39 is 0 Å². The minimum atomic E-state index is 0.0787. The smallest absolute Gasteiger partial charge is 0.261 e. The second-order valence-electron chi connectivity index (χ2n) is 8.92. The van der Waals surface area contributed by atoms with Crippen LogP contribution in [-0.4, -0.2) is 45.6 Å². The lowest BCUT2D eigenvalue weighted by Crippen LogP contribution is -2.46. The number of benzene rings is 1. The van der Waals surface area contributed by atoms with Gasteiger partial charge >= 0.3 is 0 Å². The monoisotopic (exact) mass is 407 g/mol. The number of piperazine rings is 1. The number of aromatic nitrogens is 3. The van der Waals surface area contributed by atoms with Crippen molar-refractivity contribution in [2.24, 2.45) is 5.92 Å². The summed E-state index contributed by atoms with van der Waals surface area (Å²) in [5.41, 5.74) is 2.00. The van der Waals surface area contributed by atoms with E-state index in [-0.39, 0.29) is 5.56 Å². The predicted octanol–water partition coefficient (Wildman–Crippen LogP) is 3.24. The summed E-state index contributed by atoms with van der Waals surface area (Å²) >= 11 is 0. The topological polar surface area (TPSA) is 67.4 Å². The van der Waals surface area contributed by atoms with E-state index in [1.54, 1.807) is 10.9 Å². The highest BCUT2D eigenvalue weighted by Gasteiger charge is 2.23. The number of nitrogens with zero attached hydrogens (tertiary/aromatic N) is 5. The minimum absolute atomic E-state index is 0.0787. The van der Waals surface area contributed by atoms with Crippen LogP contribution in [-0.2, 0) is 13.1 Å². The second-order valence-corrected chi connectivity index (χ2v) is 8.92. The van der Waals surface area contributed by atoms with E-state index in [0.29, 0.717) is 17.2 Å². The largest absolute Gasteiger partial charge is 0.444 e. The molecule has 0 unspecified atom stereocenters. The molecule has 0 bridgehead atoms. The SMILES string of the molecule is CC(C)c1cnc(CN2CCN(c3ccc4c(=O)n(CC5CC5)cnc4c3)CC2)o1. The van der Waals surface area contributed by atoms with Crippen LogP contribution in [0.5, 0.6) is 0 Å². The van der Waals surface area contributed by atoms with Crippen LogP contribution in [0.15, 0.2) is 39.9 Å². The maximum atomic E-state index is 12.7. The summed E-state index contributed by atoms with van der Waals surface area (Å²) in [5, 5.41) is 0.713. The number of hydrogen-bond donors (Lipinski definition) is 0. The lowest BCUT2D eigenvalue weighted by Gasteiger charge is -2.35. The lowest BCUT2D eigenvalue weighted by atomic mass is 10.2. The Morgan fingerprint density at radius 1 is 1.13 bits per heavy atom. The van der Waals surface area contributed by atoms with Crippen LogP contribution in [0.2, 0.25) is 0 Å². The van der Waals surface area contributed by atoms with Gasteiger partial charge in [-0.15, -0.1) is 0 Å². The highest BCUT2D eigenvalue weighted by Crippen LogP contribution is 2.30. The van der Waals surface area contributed by atoms with Crippen LogP contribution >= 0.6 is 0 Å². The van der Waals surface area contributed by atoms with E-state index in [1.807, 2.05) is 12.3 Å². The summed E-state index contributed by atoms with van der Waals surface area (Å²) in [6.45, 7) is 9.55. The van der Waals surface area contributed by atoms with Gasteiger partial charge in [-0.2, -0.15) is 0 Å². The fraction of sp³-hybridized carbons (Fsp3) is 0.522. The molecule has 3 aromatic rings. The molecule has 1 aliphatic heterocycles. The predicted molar refractivity (Wildman–Crippen MR) is 117 cm³/mol. The summed E-state index contributed by atoms with van der Waals surface area (Å²) in [4.78, 5) is 26.5. The molecular formula is C23H29N5O2. The first-order valence-corrected chi connectivity index (χ1v) is 11.0. The number of fused-ring (bicyclic) bond motifs is 1. The molecule has 2 aromatic heterocycles. The zero-order valence-corrected chi connectivity index (χ0v) is 17.8. The van der Waals surface area contributed by atoms with Crippen molar-refractivity contribution in [2.75, 3.05) is 31.1 Å². The van der Waals surface area contributed by atoms with E-state index in [9.17, 15) is 4.79 Å². The summed E-state index contributed by atoms with van der Waals surface area (Å²) < 4.78 is 7.62. The standard InChI is InChI=1S/C23H29N5O2/c1-16(2)21-12-24-22(30-21)14-26-7-9-27(10-8-26)18-5-6-19-20(11-18)25-15-28(23(19)29)13-17-3-4-17/h5-6,11-12,15-17H,3-4,7-10,13-14H2,1-2H3. The number of rotatable bonds is 6. The molecule has 3 heterocycles. The molecular weight excluding hydrogens is 378 g/mol. The minimum Gasteiger partial charge on any atom is -0.444 e. The van der Waals surface area contributed by atoms with E-state index in [2.05, 4.69) is 45.7 Å². The Bertz CT molecular complexity index is 1090. The van der Waals surface area contributed by atoms with Gasteiger partial charge in [0.2, 0.25) is 5.89 Å². The molecule has 0 radical (unpaired) electrons. The van der Waals surface area contributed by atoms with Crippen LogP contribution in [0.3, 0.4) is 0 Å². The van der Waals surface area contributed by atoms with Crippen LogP contribution in [0.1, 0.15) is 44.3 Å². The Morgan fingerprint density at radius 3 is 2.63 bits per heavy atom. The van der Waals surface area contributed by atoms with Crippen molar-refractivity contribution in [3.63, 3.8) is 0 Å². The lowest BCUT2D eigenvalue weighted by molar-refractivity contribution is 0.223. The van der Waals surface area contributed by atoms with Crippen molar-refractivity contribution >= 4 is 16.6 Å². The van der Waals surface area contributed by atoms with E-state index in [0.717, 1.165) is 62.1 Å². The second kappa shape index (κ2) is 7.87. The third-order valence-electron chi connectivity index (χ3n) is 6.20. The normalized spacial score (nSPS) is 17.9. The van der Waals surface area contributed by atoms with Gasteiger partial charge < -0.3 is 9.32 Å². The molecule has 7 heteroatoms. The first kappa shape index (κ1) is 19.3. The first-order chi connectivity index (χ1) is 14.6. The molecule has 158 valence electrons. The summed E-state index contributed by atoms with van der Waals surface area (Å²) in [7, 11) is 0. The fourth-order valence-corrected chi connectivity index (χ4v) is 4.07. The van der Waals surface area contributed by atoms with E-state index >= 15 is 0 Å². The summed E-state index contributed by atoms with van der Waals surface area (Å²) in [5.74, 6) is 2.77. The molecule has 0 atom stereocenters. The van der Waals surface area contributed by atoms with Crippen molar-refractivity contribution in [3.05, 3.63) is 52.7 Å². The van der Waals surface area contributed by atoms with Crippen molar-refractivity contribution in [1.82, 2.24) is 19.4 Å². The number of anilines is 1. The van der Waals surface area contributed by atoms with Gasteiger partial charge in [0.15, 0.2) is 0 Å². The zero-order valence-electron chi connectivity index (χ0n) is 17.8. The van der Waals surface area contributed by atoms with Gasteiger partial charge in [0.1, 0.15) is 5.76 Å². The third-order valence-corrected chi connectivity index (χ3v) is 6.20. The first-order valence-electron chi connectivity index (χ1n) is 11.0. The molecule has 0 N–H and O–H groups in total. The molecule has 1 saturated heterocycles. The van der Waals surface area contributed by atoms with Gasteiger partial charge in [-0.25, -0.2) is 9.97 Å². The van der Waals surface area contributed by atoms with Gasteiger partial charge in [0.05, 0.1) is 30.0 Å². The maximum absolute atomic E-state index is 12.7. The highest BCUT2D eigenvalue weighted by molar-refractivity contribution is 5.81. The molecule has 7 nitrogen and oxygen atoms in total. The van der Waals surface area contributed by atoms with Gasteiger partial charge in [-0.3, -0.25) is 14.3 Å². The van der Waals surface area contributed by atoms with Crippen molar-refractivity contribution in [2.45, 2.75) is 45.7 Å². The highest BCUT2D eigenvalue weighted by atomic mass is 16.4. The van der Waals surface area contributed by atoms with Gasteiger partial charge in [0.25, 0.3) is 5.56 Å². The van der Waals surface area contributed by atoms with Crippen molar-refractivity contribution in [1.29, 1.82) is 0 Å². The van der Waals surface area contributed by atoms with Crippen molar-refractivity contribution < 1.29 is 4.42 Å². The zero-order chi connectivity index (χ0) is 20.7. The van der Waals surface area contributed by atoms with Crippen LogP contribution in [0.25, 0.3) is 10.9 Å². The molecule has 30 heavy (non-hydrogen) atoms. The fourth-order valence-electron chi connectivity index (χ4n) is 4.07. The molecule has 2 fully saturated rings. The van der Waals surface area contributed by atoms with Crippen LogP contribution in [0.4, 0.5) is 5.69 Å². The summed E-state index contributed by atoms with van der Waals surface area (Å²) in [6, 6.07) is 6.05. The van der Waals surface area contributed by atoms with Gasteiger partial charge in [0, 0.05) is 44.3 Å². The summed E-state index contributed by atoms with van der Waals surface area (Å²) in [6.07, 6.45) is 6.01. The molecule has 1 saturated carbocycles. The third kappa shape index (κ3) is 3.99. The van der Waals surface area contributed by atoms with Crippen LogP contribution in [0, 0.1) is 5.92 Å². The molecule has 0 spiro atoms. The molecule has 5 rings (SSSR count). The van der Waals surface area contributed by atoms with Crippen LogP contribution < -0.4 is 10.5 Å². The Labute approximate surface area is 176 Å². The Balaban J connectivity index is 1.24. The molecule has 1 aromatic carbocycles. The number of oxazole rings is 1. The molecule has 2 aliphatic rings. The Kier molecular flexibility index (Phi) is 5.06. The number of hydrogen-bond acceptors (Lipinski definition) is 6. The quantitative estimate of drug-likeness (QED) is 0.625. The van der Waals surface area contributed by atoms with Gasteiger partial charge in [-0.05, 0) is 37.0 Å². The average molecular weight is 408 g/mol.